The van der Waals surface area contributed by atoms with Gasteiger partial charge in [0, 0.05) is 13.1 Å². The first-order valence-corrected chi connectivity index (χ1v) is 5.94. The van der Waals surface area contributed by atoms with Gasteiger partial charge in [-0.05, 0) is 25.4 Å². The molecule has 0 radical (unpaired) electrons. The fourth-order valence-electron chi connectivity index (χ4n) is 1.10. The van der Waals surface area contributed by atoms with Crippen LogP contribution in [0.15, 0.2) is 0 Å². The Labute approximate surface area is 88.5 Å². The number of nitrogens with zero attached hydrogens (tertiary/aromatic N) is 3. The highest BCUT2D eigenvalue weighted by molar-refractivity contribution is 7.98. The van der Waals surface area contributed by atoms with Crippen molar-refractivity contribution in [3.63, 3.8) is 0 Å². The van der Waals surface area contributed by atoms with Crippen molar-refractivity contribution in [3.8, 4) is 0 Å². The molecule has 0 saturated heterocycles. The molecule has 0 spiro atoms. The number of aromatic nitrogens is 3. The summed E-state index contributed by atoms with van der Waals surface area (Å²) in [5, 5.41) is 6.63. The highest BCUT2D eigenvalue weighted by Gasteiger charge is 2.13. The summed E-state index contributed by atoms with van der Waals surface area (Å²) in [6, 6.07) is 0.428. The fraction of sp³-hybridized carbons (Fsp3) is 0.750. The molecule has 1 aromatic rings. The molecule has 6 heteroatoms. The molecule has 0 aliphatic heterocycles. The zero-order chi connectivity index (χ0) is 10.6. The Morgan fingerprint density at radius 2 is 2.36 bits per heavy atom. The first-order valence-electron chi connectivity index (χ1n) is 4.54. The molecule has 1 aromatic heterocycles. The van der Waals surface area contributed by atoms with Gasteiger partial charge < -0.3 is 10.6 Å². The van der Waals surface area contributed by atoms with Gasteiger partial charge in [-0.1, -0.05) is 0 Å². The number of H-pyrrole nitrogens is 1. The van der Waals surface area contributed by atoms with Crippen LogP contribution >= 0.6 is 11.8 Å². The molecule has 0 bridgehead atoms. The molecule has 1 rings (SSSR count). The minimum atomic E-state index is 0.365. The second kappa shape index (κ2) is 5.09. The molecular weight excluding hydrogens is 198 g/mol. The van der Waals surface area contributed by atoms with Gasteiger partial charge in [0.15, 0.2) is 0 Å². The standard InChI is InChI=1S/C8H17N5S/c1-6(4-5-14-3)13(2)8-10-7(9)11-12-8/h6H,4-5H2,1-3H3,(H3,9,10,11,12). The normalized spacial score (nSPS) is 12.8. The SMILES string of the molecule is CSCCC(C)N(C)c1n[nH]c(N)n1. The van der Waals surface area contributed by atoms with Gasteiger partial charge in [-0.2, -0.15) is 16.7 Å². The summed E-state index contributed by atoms with van der Waals surface area (Å²) in [7, 11) is 1.98. The Morgan fingerprint density at radius 3 is 2.86 bits per heavy atom. The zero-order valence-electron chi connectivity index (χ0n) is 8.82. The van der Waals surface area contributed by atoms with E-state index < -0.39 is 0 Å². The fourth-order valence-corrected chi connectivity index (χ4v) is 1.68. The third-order valence-electron chi connectivity index (χ3n) is 2.21. The first-order chi connectivity index (χ1) is 6.65. The first kappa shape index (κ1) is 11.2. The lowest BCUT2D eigenvalue weighted by atomic mass is 10.2. The van der Waals surface area contributed by atoms with E-state index >= 15 is 0 Å². The second-order valence-corrected chi connectivity index (χ2v) is 4.25. The molecule has 5 nitrogen and oxygen atoms in total. The maximum atomic E-state index is 5.46. The average molecular weight is 215 g/mol. The molecular formula is C8H17N5S. The molecule has 0 saturated carbocycles. The van der Waals surface area contributed by atoms with Crippen LogP contribution in [0.2, 0.25) is 0 Å². The van der Waals surface area contributed by atoms with Crippen LogP contribution in [0.1, 0.15) is 13.3 Å². The lowest BCUT2D eigenvalue weighted by Gasteiger charge is -2.22. The third kappa shape index (κ3) is 2.80. The van der Waals surface area contributed by atoms with E-state index in [0.717, 1.165) is 12.2 Å². The molecule has 0 aliphatic carbocycles. The summed E-state index contributed by atoms with van der Waals surface area (Å²) in [6.07, 6.45) is 3.23. The Kier molecular flexibility index (Phi) is 4.06. The Balaban J connectivity index is 2.51. The van der Waals surface area contributed by atoms with Gasteiger partial charge >= 0.3 is 0 Å². The van der Waals surface area contributed by atoms with Crippen LogP contribution < -0.4 is 10.6 Å². The van der Waals surface area contributed by atoms with Gasteiger partial charge in [-0.15, -0.1) is 5.10 Å². The topological polar surface area (TPSA) is 70.8 Å². The van der Waals surface area contributed by atoms with Gasteiger partial charge in [0.25, 0.3) is 0 Å². The van der Waals surface area contributed by atoms with E-state index in [1.54, 1.807) is 0 Å². The molecule has 80 valence electrons. The zero-order valence-corrected chi connectivity index (χ0v) is 9.64. The molecule has 0 aromatic carbocycles. The van der Waals surface area contributed by atoms with Crippen molar-refractivity contribution in [2.45, 2.75) is 19.4 Å². The molecule has 3 N–H and O–H groups in total. The van der Waals surface area contributed by atoms with Gasteiger partial charge in [0.05, 0.1) is 0 Å². The van der Waals surface area contributed by atoms with Crippen LogP contribution in [-0.4, -0.2) is 40.3 Å². The van der Waals surface area contributed by atoms with E-state index in [1.165, 1.54) is 0 Å². The summed E-state index contributed by atoms with van der Waals surface area (Å²) in [6.45, 7) is 2.16. The van der Waals surface area contributed by atoms with Crippen LogP contribution in [0.3, 0.4) is 0 Å². The number of nitrogens with one attached hydrogen (secondary N) is 1. The molecule has 1 unspecified atom stereocenters. The summed E-state index contributed by atoms with van der Waals surface area (Å²) >= 11 is 1.85. The predicted molar refractivity (Wildman–Crippen MR) is 61.7 cm³/mol. The van der Waals surface area contributed by atoms with E-state index in [1.807, 2.05) is 23.7 Å². The van der Waals surface area contributed by atoms with Crippen LogP contribution in [0.4, 0.5) is 11.9 Å². The largest absolute Gasteiger partial charge is 0.368 e. The highest BCUT2D eigenvalue weighted by atomic mass is 32.2. The van der Waals surface area contributed by atoms with Crippen molar-refractivity contribution in [3.05, 3.63) is 0 Å². The maximum Gasteiger partial charge on any atom is 0.246 e. The molecule has 1 atom stereocenters. The minimum absolute atomic E-state index is 0.365. The summed E-state index contributed by atoms with van der Waals surface area (Å²) < 4.78 is 0. The van der Waals surface area contributed by atoms with Crippen molar-refractivity contribution in [1.29, 1.82) is 0 Å². The Bertz CT molecular complexity index is 274. The average Bonchev–Trinajstić information content (AvgIpc) is 2.60. The van der Waals surface area contributed by atoms with Crippen LogP contribution in [-0.2, 0) is 0 Å². The lowest BCUT2D eigenvalue weighted by Crippen LogP contribution is -2.30. The van der Waals surface area contributed by atoms with Gasteiger partial charge in [0.1, 0.15) is 0 Å². The van der Waals surface area contributed by atoms with E-state index in [4.69, 9.17) is 5.73 Å². The number of hydrogen-bond acceptors (Lipinski definition) is 5. The summed E-state index contributed by atoms with van der Waals surface area (Å²) in [5.74, 6) is 2.17. The van der Waals surface area contributed by atoms with Crippen LogP contribution in [0.25, 0.3) is 0 Å². The van der Waals surface area contributed by atoms with Crippen molar-refractivity contribution in [2.75, 3.05) is 29.7 Å². The number of rotatable bonds is 5. The minimum Gasteiger partial charge on any atom is -0.368 e. The maximum absolute atomic E-state index is 5.46. The lowest BCUT2D eigenvalue weighted by molar-refractivity contribution is 0.655. The third-order valence-corrected chi connectivity index (χ3v) is 2.85. The van der Waals surface area contributed by atoms with Gasteiger partial charge in [-0.25, -0.2) is 5.10 Å². The van der Waals surface area contributed by atoms with Gasteiger partial charge in [0.2, 0.25) is 11.9 Å². The van der Waals surface area contributed by atoms with Crippen LogP contribution in [0, 0.1) is 0 Å². The molecule has 0 aliphatic rings. The van der Waals surface area contributed by atoms with Crippen molar-refractivity contribution in [1.82, 2.24) is 15.2 Å². The predicted octanol–water partition coefficient (Wildman–Crippen LogP) is 0.965. The van der Waals surface area contributed by atoms with Crippen molar-refractivity contribution >= 4 is 23.7 Å². The summed E-state index contributed by atoms with van der Waals surface area (Å²) in [5.41, 5.74) is 5.46. The van der Waals surface area contributed by atoms with E-state index in [-0.39, 0.29) is 0 Å². The number of anilines is 2. The number of nitrogen functional groups attached to an aromatic ring is 1. The van der Waals surface area contributed by atoms with E-state index in [0.29, 0.717) is 17.9 Å². The highest BCUT2D eigenvalue weighted by Crippen LogP contribution is 2.12. The Hall–Kier alpha value is -0.910. The molecule has 14 heavy (non-hydrogen) atoms. The number of thioether (sulfide) groups is 1. The van der Waals surface area contributed by atoms with E-state index in [2.05, 4.69) is 28.4 Å². The number of nitrogens with two attached hydrogens (primary N) is 1. The summed E-state index contributed by atoms with van der Waals surface area (Å²) in [4.78, 5) is 6.10. The number of hydrogen-bond donors (Lipinski definition) is 2. The smallest absolute Gasteiger partial charge is 0.246 e. The van der Waals surface area contributed by atoms with Crippen molar-refractivity contribution in [2.24, 2.45) is 0 Å². The van der Waals surface area contributed by atoms with Gasteiger partial charge in [-0.3, -0.25) is 0 Å². The van der Waals surface area contributed by atoms with E-state index in [9.17, 15) is 0 Å². The second-order valence-electron chi connectivity index (χ2n) is 3.26. The van der Waals surface area contributed by atoms with Crippen LogP contribution in [0.5, 0.6) is 0 Å². The molecule has 0 amide bonds. The monoisotopic (exact) mass is 215 g/mol. The molecule has 1 heterocycles. The van der Waals surface area contributed by atoms with Crippen molar-refractivity contribution < 1.29 is 0 Å². The number of aromatic amines is 1. The molecule has 0 fully saturated rings. The quantitative estimate of drug-likeness (QED) is 0.765. The Morgan fingerprint density at radius 1 is 1.64 bits per heavy atom.